The summed E-state index contributed by atoms with van der Waals surface area (Å²) in [5.74, 6) is 0.409. The molecular formula is C13H12BrN5O3. The highest BCUT2D eigenvalue weighted by Crippen LogP contribution is 2.36. The number of hydrogen-bond acceptors (Lipinski definition) is 7. The van der Waals surface area contributed by atoms with E-state index in [0.29, 0.717) is 16.8 Å². The number of unbranched alkanes of at least 4 members (excludes halogenated alkanes) is 1. The quantitative estimate of drug-likeness (QED) is 0.341. The lowest BCUT2D eigenvalue weighted by atomic mass is 10.2. The number of nitrogens with one attached hydrogen (secondary N) is 1. The number of rotatable bonds is 7. The Kier molecular flexibility index (Phi) is 6.80. The van der Waals surface area contributed by atoms with E-state index in [1.165, 1.54) is 12.1 Å². The van der Waals surface area contributed by atoms with Crippen LogP contribution in [0.2, 0.25) is 0 Å². The molecule has 0 aliphatic rings. The van der Waals surface area contributed by atoms with Gasteiger partial charge in [-0.25, -0.2) is 0 Å². The summed E-state index contributed by atoms with van der Waals surface area (Å²) in [6, 6.07) is 5.78. The molecule has 1 N–H and O–H groups in total. The fourth-order valence-electron chi connectivity index (χ4n) is 1.41. The summed E-state index contributed by atoms with van der Waals surface area (Å²) in [6.07, 6.45) is 1.80. The smallest absolute Gasteiger partial charge is 0.295 e. The van der Waals surface area contributed by atoms with Gasteiger partial charge in [0.1, 0.15) is 23.6 Å². The summed E-state index contributed by atoms with van der Waals surface area (Å²) in [5, 5.41) is 31.8. The van der Waals surface area contributed by atoms with Gasteiger partial charge in [0.15, 0.2) is 0 Å². The van der Waals surface area contributed by atoms with Crippen LogP contribution in [0.5, 0.6) is 5.75 Å². The summed E-state index contributed by atoms with van der Waals surface area (Å²) >= 11 is 3.21. The lowest BCUT2D eigenvalue weighted by Crippen LogP contribution is -2.02. The Morgan fingerprint density at radius 2 is 2.18 bits per heavy atom. The van der Waals surface area contributed by atoms with E-state index in [2.05, 4.69) is 26.5 Å². The molecular weight excluding hydrogens is 354 g/mol. The van der Waals surface area contributed by atoms with Crippen molar-refractivity contribution in [3.63, 3.8) is 0 Å². The Bertz CT molecular complexity index is 659. The summed E-state index contributed by atoms with van der Waals surface area (Å²) in [6.45, 7) is 2.48. The molecule has 0 atom stereocenters. The molecule has 0 aliphatic heterocycles. The van der Waals surface area contributed by atoms with Crippen LogP contribution in [-0.2, 0) is 0 Å². The highest BCUT2D eigenvalue weighted by Gasteiger charge is 2.18. The molecule has 0 amide bonds. The molecule has 0 fully saturated rings. The van der Waals surface area contributed by atoms with Gasteiger partial charge in [0.05, 0.1) is 16.0 Å². The molecule has 0 bridgehead atoms. The van der Waals surface area contributed by atoms with Crippen molar-refractivity contribution in [2.45, 2.75) is 19.8 Å². The molecule has 1 aromatic rings. The van der Waals surface area contributed by atoms with Crippen LogP contribution in [0.3, 0.4) is 0 Å². The minimum absolute atomic E-state index is 0.0303. The average molecular weight is 366 g/mol. The van der Waals surface area contributed by atoms with Crippen molar-refractivity contribution >= 4 is 33.0 Å². The Balaban J connectivity index is 3.14. The molecule has 1 aromatic carbocycles. The zero-order valence-electron chi connectivity index (χ0n) is 11.7. The Labute approximate surface area is 135 Å². The largest absolute Gasteiger partial charge is 0.492 e. The molecule has 8 nitrogen and oxygen atoms in total. The van der Waals surface area contributed by atoms with Crippen LogP contribution >= 0.6 is 15.9 Å². The van der Waals surface area contributed by atoms with Crippen LogP contribution in [0.1, 0.15) is 19.8 Å². The zero-order chi connectivity index (χ0) is 16.5. The molecule has 0 spiro atoms. The predicted molar refractivity (Wildman–Crippen MR) is 83.5 cm³/mol. The van der Waals surface area contributed by atoms with Gasteiger partial charge in [0.2, 0.25) is 5.71 Å². The highest BCUT2D eigenvalue weighted by molar-refractivity contribution is 9.10. The molecule has 0 saturated carbocycles. The van der Waals surface area contributed by atoms with E-state index in [9.17, 15) is 10.1 Å². The number of hydrazone groups is 1. The minimum Gasteiger partial charge on any atom is -0.492 e. The highest BCUT2D eigenvalue weighted by atomic mass is 79.9. The van der Waals surface area contributed by atoms with E-state index in [0.717, 1.165) is 12.8 Å². The second-order valence-corrected chi connectivity index (χ2v) is 4.91. The van der Waals surface area contributed by atoms with Gasteiger partial charge in [-0.2, -0.15) is 15.6 Å². The van der Waals surface area contributed by atoms with Crippen molar-refractivity contribution < 1.29 is 9.66 Å². The standard InChI is InChI=1S/C13H12BrN5O3/c1-2-3-4-22-13-6-11(18-17-9(7-15)8-16)12(19(20)21)5-10(13)14/h5-6,18H,2-4H2,1H3. The normalized spacial score (nSPS) is 9.27. The first-order valence-electron chi connectivity index (χ1n) is 6.28. The summed E-state index contributed by atoms with van der Waals surface area (Å²) in [4.78, 5) is 10.5. The van der Waals surface area contributed by atoms with Crippen molar-refractivity contribution in [3.05, 3.63) is 26.7 Å². The van der Waals surface area contributed by atoms with Crippen molar-refractivity contribution in [1.82, 2.24) is 0 Å². The number of anilines is 1. The van der Waals surface area contributed by atoms with Gasteiger partial charge < -0.3 is 4.74 Å². The third-order valence-electron chi connectivity index (χ3n) is 2.50. The molecule has 0 heterocycles. The van der Waals surface area contributed by atoms with Crippen LogP contribution in [-0.4, -0.2) is 17.2 Å². The van der Waals surface area contributed by atoms with E-state index in [4.69, 9.17) is 15.3 Å². The number of hydrogen-bond donors (Lipinski definition) is 1. The van der Waals surface area contributed by atoms with Gasteiger partial charge in [-0.15, -0.1) is 0 Å². The minimum atomic E-state index is -0.600. The van der Waals surface area contributed by atoms with Gasteiger partial charge in [0.25, 0.3) is 5.69 Å². The van der Waals surface area contributed by atoms with Crippen LogP contribution in [0, 0.1) is 32.8 Å². The van der Waals surface area contributed by atoms with Gasteiger partial charge in [-0.1, -0.05) is 13.3 Å². The fraction of sp³-hybridized carbons (Fsp3) is 0.308. The molecule has 0 aliphatic carbocycles. The van der Waals surface area contributed by atoms with Gasteiger partial charge >= 0.3 is 0 Å². The Morgan fingerprint density at radius 1 is 1.50 bits per heavy atom. The van der Waals surface area contributed by atoms with E-state index >= 15 is 0 Å². The Hall–Kier alpha value is -2.65. The van der Waals surface area contributed by atoms with Crippen molar-refractivity contribution in [2.75, 3.05) is 12.0 Å². The lowest BCUT2D eigenvalue weighted by Gasteiger charge is -2.10. The molecule has 0 aromatic heterocycles. The number of nitrogens with zero attached hydrogens (tertiary/aromatic N) is 4. The van der Waals surface area contributed by atoms with Crippen LogP contribution in [0.15, 0.2) is 21.7 Å². The maximum atomic E-state index is 11.1. The summed E-state index contributed by atoms with van der Waals surface area (Å²) < 4.78 is 5.96. The second-order valence-electron chi connectivity index (χ2n) is 4.05. The number of nitro benzene ring substituents is 1. The van der Waals surface area contributed by atoms with Crippen molar-refractivity contribution in [3.8, 4) is 17.9 Å². The SMILES string of the molecule is CCCCOc1cc(NN=C(C#N)C#N)c([N+](=O)[O-])cc1Br. The van der Waals surface area contributed by atoms with E-state index in [1.54, 1.807) is 12.1 Å². The predicted octanol–water partition coefficient (Wildman–Crippen LogP) is 3.35. The third kappa shape index (κ3) is 4.72. The number of nitriles is 2. The molecule has 0 unspecified atom stereocenters. The second kappa shape index (κ2) is 8.60. The molecule has 0 radical (unpaired) electrons. The van der Waals surface area contributed by atoms with Crippen LogP contribution in [0.25, 0.3) is 0 Å². The number of ether oxygens (including phenoxy) is 1. The first-order chi connectivity index (χ1) is 10.5. The third-order valence-corrected chi connectivity index (χ3v) is 3.12. The first-order valence-corrected chi connectivity index (χ1v) is 7.07. The number of halogens is 1. The van der Waals surface area contributed by atoms with Gasteiger partial charge in [0, 0.05) is 12.1 Å². The maximum Gasteiger partial charge on any atom is 0.295 e. The lowest BCUT2D eigenvalue weighted by molar-refractivity contribution is -0.384. The molecule has 1 rings (SSSR count). The summed E-state index contributed by atoms with van der Waals surface area (Å²) in [7, 11) is 0. The number of benzene rings is 1. The maximum absolute atomic E-state index is 11.1. The van der Waals surface area contributed by atoms with E-state index in [1.807, 2.05) is 6.92 Å². The monoisotopic (exact) mass is 365 g/mol. The van der Waals surface area contributed by atoms with Gasteiger partial charge in [-0.3, -0.25) is 15.5 Å². The van der Waals surface area contributed by atoms with Crippen molar-refractivity contribution in [2.24, 2.45) is 5.10 Å². The van der Waals surface area contributed by atoms with Gasteiger partial charge in [-0.05, 0) is 22.4 Å². The van der Waals surface area contributed by atoms with E-state index < -0.39 is 10.6 Å². The summed E-state index contributed by atoms with van der Waals surface area (Å²) in [5.41, 5.74) is 1.69. The van der Waals surface area contributed by atoms with Crippen LogP contribution < -0.4 is 10.2 Å². The topological polar surface area (TPSA) is 124 Å². The van der Waals surface area contributed by atoms with Crippen molar-refractivity contribution in [1.29, 1.82) is 10.5 Å². The molecule has 22 heavy (non-hydrogen) atoms. The molecule has 0 saturated heterocycles. The fourth-order valence-corrected chi connectivity index (χ4v) is 1.86. The van der Waals surface area contributed by atoms with E-state index in [-0.39, 0.29) is 11.4 Å². The Morgan fingerprint density at radius 3 is 2.73 bits per heavy atom. The van der Waals surface area contributed by atoms with Crippen LogP contribution in [0.4, 0.5) is 11.4 Å². The number of nitro groups is 1. The molecule has 114 valence electrons. The molecule has 9 heteroatoms. The first kappa shape index (κ1) is 17.4. The zero-order valence-corrected chi connectivity index (χ0v) is 13.3. The average Bonchev–Trinajstić information content (AvgIpc) is 2.50.